The van der Waals surface area contributed by atoms with Gasteiger partial charge in [-0.3, -0.25) is 5.43 Å². The molecule has 1 heterocycles. The SMILES string of the molecule is COC(=O)COc1ccc(/C=N\Nc2ccc(C(F)(F)F)cn2)cc1OC. The molecule has 0 spiro atoms. The zero-order valence-electron chi connectivity index (χ0n) is 14.4. The van der Waals surface area contributed by atoms with Crippen LogP contribution in [0.4, 0.5) is 19.0 Å². The molecule has 0 aliphatic carbocycles. The number of hydrogen-bond donors (Lipinski definition) is 1. The van der Waals surface area contributed by atoms with Gasteiger partial charge >= 0.3 is 12.1 Å². The Morgan fingerprint density at radius 3 is 2.59 bits per heavy atom. The number of aromatic nitrogens is 1. The summed E-state index contributed by atoms with van der Waals surface area (Å²) in [6.07, 6.45) is -2.30. The fourth-order valence-electron chi connectivity index (χ4n) is 1.88. The van der Waals surface area contributed by atoms with Crippen LogP contribution in [0.1, 0.15) is 11.1 Å². The first-order valence-electron chi connectivity index (χ1n) is 7.53. The summed E-state index contributed by atoms with van der Waals surface area (Å²) in [5.74, 6) is 0.341. The van der Waals surface area contributed by atoms with Crippen molar-refractivity contribution >= 4 is 18.0 Å². The van der Waals surface area contributed by atoms with Crippen molar-refractivity contribution in [2.24, 2.45) is 5.10 Å². The summed E-state index contributed by atoms with van der Waals surface area (Å²) in [7, 11) is 2.69. The van der Waals surface area contributed by atoms with E-state index in [0.717, 1.165) is 6.07 Å². The molecule has 7 nitrogen and oxygen atoms in total. The van der Waals surface area contributed by atoms with Crippen LogP contribution in [-0.4, -0.2) is 38.0 Å². The number of nitrogens with one attached hydrogen (secondary N) is 1. The number of esters is 1. The van der Waals surface area contributed by atoms with Crippen LogP contribution in [0.2, 0.25) is 0 Å². The molecule has 1 aromatic heterocycles. The Bertz CT molecular complexity index is 808. The van der Waals surface area contributed by atoms with Gasteiger partial charge in [0.1, 0.15) is 5.82 Å². The Labute approximate surface area is 152 Å². The molecule has 27 heavy (non-hydrogen) atoms. The van der Waals surface area contributed by atoms with E-state index in [-0.39, 0.29) is 12.4 Å². The molecule has 0 atom stereocenters. The first kappa shape index (κ1) is 20.0. The maximum Gasteiger partial charge on any atom is 0.417 e. The summed E-state index contributed by atoms with van der Waals surface area (Å²) in [5, 5.41) is 3.91. The van der Waals surface area contributed by atoms with E-state index in [1.165, 1.54) is 26.5 Å². The highest BCUT2D eigenvalue weighted by Crippen LogP contribution is 2.29. The minimum Gasteiger partial charge on any atom is -0.493 e. The second kappa shape index (κ2) is 8.88. The molecule has 0 aliphatic heterocycles. The Balaban J connectivity index is 2.01. The van der Waals surface area contributed by atoms with Crippen molar-refractivity contribution in [1.82, 2.24) is 4.98 Å². The predicted octanol–water partition coefficient (Wildman–Crippen LogP) is 3.11. The van der Waals surface area contributed by atoms with Gasteiger partial charge in [0, 0.05) is 6.20 Å². The lowest BCUT2D eigenvalue weighted by atomic mass is 10.2. The Hall–Kier alpha value is -3.30. The van der Waals surface area contributed by atoms with Gasteiger partial charge in [0.2, 0.25) is 0 Å². The zero-order valence-corrected chi connectivity index (χ0v) is 14.4. The molecule has 0 bridgehead atoms. The highest BCUT2D eigenvalue weighted by atomic mass is 19.4. The number of hydrogen-bond acceptors (Lipinski definition) is 7. The predicted molar refractivity (Wildman–Crippen MR) is 91.0 cm³/mol. The summed E-state index contributed by atoms with van der Waals surface area (Å²) in [5.41, 5.74) is 2.31. The fourth-order valence-corrected chi connectivity index (χ4v) is 1.88. The van der Waals surface area contributed by atoms with Crippen molar-refractivity contribution in [2.45, 2.75) is 6.18 Å². The molecule has 0 fully saturated rings. The van der Waals surface area contributed by atoms with Crippen LogP contribution in [0.25, 0.3) is 0 Å². The fraction of sp³-hybridized carbons (Fsp3) is 0.235. The lowest BCUT2D eigenvalue weighted by Gasteiger charge is -2.10. The molecule has 0 unspecified atom stereocenters. The van der Waals surface area contributed by atoms with Gasteiger partial charge in [-0.05, 0) is 35.9 Å². The second-order valence-electron chi connectivity index (χ2n) is 5.07. The van der Waals surface area contributed by atoms with E-state index in [9.17, 15) is 18.0 Å². The normalized spacial score (nSPS) is 11.3. The molecular weight excluding hydrogens is 367 g/mol. The Morgan fingerprint density at radius 1 is 1.22 bits per heavy atom. The maximum absolute atomic E-state index is 12.5. The standard InChI is InChI=1S/C17H16F3N3O4/c1-25-14-7-11(3-5-13(14)27-10-16(24)26-2)8-22-23-15-6-4-12(9-21-15)17(18,19)20/h3-9H,10H2,1-2H3,(H,21,23)/b22-8-. The molecule has 0 amide bonds. The molecule has 0 aliphatic rings. The number of anilines is 1. The van der Waals surface area contributed by atoms with Crippen LogP contribution in [0.3, 0.4) is 0 Å². The summed E-state index contributed by atoms with van der Waals surface area (Å²) in [6.45, 7) is -0.262. The van der Waals surface area contributed by atoms with Gasteiger partial charge in [-0.25, -0.2) is 9.78 Å². The van der Waals surface area contributed by atoms with Crippen LogP contribution < -0.4 is 14.9 Å². The summed E-state index contributed by atoms with van der Waals surface area (Å²) < 4.78 is 52.4. The minimum absolute atomic E-state index is 0.157. The molecule has 2 rings (SSSR count). The minimum atomic E-state index is -4.44. The number of rotatable bonds is 7. The lowest BCUT2D eigenvalue weighted by molar-refractivity contribution is -0.143. The molecule has 1 N–H and O–H groups in total. The van der Waals surface area contributed by atoms with E-state index in [2.05, 4.69) is 20.2 Å². The van der Waals surface area contributed by atoms with Gasteiger partial charge in [0.15, 0.2) is 18.1 Å². The average molecular weight is 383 g/mol. The molecule has 0 saturated heterocycles. The highest BCUT2D eigenvalue weighted by Gasteiger charge is 2.30. The highest BCUT2D eigenvalue weighted by molar-refractivity contribution is 5.81. The molecule has 0 saturated carbocycles. The third-order valence-electron chi connectivity index (χ3n) is 3.24. The van der Waals surface area contributed by atoms with Crippen molar-refractivity contribution in [1.29, 1.82) is 0 Å². The number of hydrazone groups is 1. The topological polar surface area (TPSA) is 82.0 Å². The molecule has 2 aromatic rings. The third-order valence-corrected chi connectivity index (χ3v) is 3.24. The van der Waals surface area contributed by atoms with Gasteiger partial charge in [-0.1, -0.05) is 0 Å². The number of halogens is 3. The van der Waals surface area contributed by atoms with E-state index in [1.807, 2.05) is 0 Å². The van der Waals surface area contributed by atoms with Gasteiger partial charge < -0.3 is 14.2 Å². The lowest BCUT2D eigenvalue weighted by Crippen LogP contribution is -2.13. The average Bonchev–Trinajstić information content (AvgIpc) is 2.66. The van der Waals surface area contributed by atoms with Crippen molar-refractivity contribution in [3.8, 4) is 11.5 Å². The van der Waals surface area contributed by atoms with E-state index >= 15 is 0 Å². The molecule has 10 heteroatoms. The van der Waals surface area contributed by atoms with Gasteiger partial charge in [-0.2, -0.15) is 18.3 Å². The number of carbonyl (C=O) groups is 1. The quantitative estimate of drug-likeness (QED) is 0.450. The molecule has 144 valence electrons. The number of nitrogens with zero attached hydrogens (tertiary/aromatic N) is 2. The number of methoxy groups -OCH3 is 2. The summed E-state index contributed by atoms with van der Waals surface area (Å²) >= 11 is 0. The first-order chi connectivity index (χ1) is 12.8. The van der Waals surface area contributed by atoms with Crippen LogP contribution in [0.5, 0.6) is 11.5 Å². The van der Waals surface area contributed by atoms with E-state index in [1.54, 1.807) is 18.2 Å². The van der Waals surface area contributed by atoms with Crippen molar-refractivity contribution in [2.75, 3.05) is 26.3 Å². The van der Waals surface area contributed by atoms with Crippen molar-refractivity contribution in [3.05, 3.63) is 47.7 Å². The zero-order chi connectivity index (χ0) is 19.9. The monoisotopic (exact) mass is 383 g/mol. The van der Waals surface area contributed by atoms with Crippen LogP contribution >= 0.6 is 0 Å². The third kappa shape index (κ3) is 5.87. The molecule has 0 radical (unpaired) electrons. The molecule has 1 aromatic carbocycles. The number of benzene rings is 1. The van der Waals surface area contributed by atoms with E-state index < -0.39 is 17.7 Å². The smallest absolute Gasteiger partial charge is 0.417 e. The van der Waals surface area contributed by atoms with Gasteiger partial charge in [0.25, 0.3) is 0 Å². The van der Waals surface area contributed by atoms with Crippen LogP contribution in [0, 0.1) is 0 Å². The summed E-state index contributed by atoms with van der Waals surface area (Å²) in [6, 6.07) is 6.92. The summed E-state index contributed by atoms with van der Waals surface area (Å²) in [4.78, 5) is 14.8. The Kier molecular flexibility index (Phi) is 6.58. The van der Waals surface area contributed by atoms with Crippen molar-refractivity contribution in [3.63, 3.8) is 0 Å². The maximum atomic E-state index is 12.5. The van der Waals surface area contributed by atoms with E-state index in [0.29, 0.717) is 23.3 Å². The van der Waals surface area contributed by atoms with Gasteiger partial charge in [-0.15, -0.1) is 0 Å². The molecular formula is C17H16F3N3O4. The second-order valence-corrected chi connectivity index (χ2v) is 5.07. The largest absolute Gasteiger partial charge is 0.493 e. The van der Waals surface area contributed by atoms with Crippen LogP contribution in [0.15, 0.2) is 41.6 Å². The first-order valence-corrected chi connectivity index (χ1v) is 7.53. The number of pyridine rings is 1. The van der Waals surface area contributed by atoms with Gasteiger partial charge in [0.05, 0.1) is 26.0 Å². The number of carbonyl (C=O) groups excluding carboxylic acids is 1. The Morgan fingerprint density at radius 2 is 2.00 bits per heavy atom. The van der Waals surface area contributed by atoms with Crippen molar-refractivity contribution < 1.29 is 32.2 Å². The number of ether oxygens (including phenoxy) is 3. The van der Waals surface area contributed by atoms with Crippen LogP contribution in [-0.2, 0) is 15.7 Å². The van der Waals surface area contributed by atoms with E-state index in [4.69, 9.17) is 9.47 Å². The number of alkyl halides is 3.